The number of hydrogen-bond donors (Lipinski definition) is 0. The van der Waals surface area contributed by atoms with E-state index in [1.54, 1.807) is 17.0 Å². The average Bonchev–Trinajstić information content (AvgIpc) is 2.46. The third-order valence-corrected chi connectivity index (χ3v) is 3.21. The number of rotatable bonds is 1. The number of hydrogen-bond acceptors (Lipinski definition) is 4. The van der Waals surface area contributed by atoms with E-state index in [0.717, 1.165) is 18.7 Å². The topological polar surface area (TPSA) is 56.6 Å². The molecule has 0 N–H and O–H groups in total. The SMILES string of the molecule is CC(C)(C)OC(=O)N1CCCN(c2ccc(C#N)cc2)C1. The molecule has 1 heterocycles. The Balaban J connectivity index is 2.03. The van der Waals surface area contributed by atoms with Crippen molar-refractivity contribution in [2.75, 3.05) is 24.7 Å². The fraction of sp³-hybridized carbons (Fsp3) is 0.500. The summed E-state index contributed by atoms with van der Waals surface area (Å²) in [7, 11) is 0. The molecule has 112 valence electrons. The third kappa shape index (κ3) is 4.12. The van der Waals surface area contributed by atoms with Gasteiger partial charge >= 0.3 is 6.09 Å². The fourth-order valence-electron chi connectivity index (χ4n) is 2.23. The third-order valence-electron chi connectivity index (χ3n) is 3.21. The van der Waals surface area contributed by atoms with Crippen molar-refractivity contribution in [2.24, 2.45) is 0 Å². The molecule has 21 heavy (non-hydrogen) atoms. The molecule has 0 atom stereocenters. The van der Waals surface area contributed by atoms with Crippen molar-refractivity contribution < 1.29 is 9.53 Å². The van der Waals surface area contributed by atoms with Crippen LogP contribution < -0.4 is 4.90 Å². The normalized spacial score (nSPS) is 15.5. The first-order valence-corrected chi connectivity index (χ1v) is 7.12. The number of carbonyl (C=O) groups excluding carboxylic acids is 1. The van der Waals surface area contributed by atoms with Crippen molar-refractivity contribution >= 4 is 11.8 Å². The molecule has 1 aromatic carbocycles. The molecule has 0 aliphatic carbocycles. The van der Waals surface area contributed by atoms with Gasteiger partial charge in [-0.2, -0.15) is 5.26 Å². The largest absolute Gasteiger partial charge is 0.444 e. The number of nitriles is 1. The molecule has 1 aromatic rings. The Morgan fingerprint density at radius 3 is 2.48 bits per heavy atom. The van der Waals surface area contributed by atoms with Crippen LogP contribution in [0.4, 0.5) is 10.5 Å². The van der Waals surface area contributed by atoms with Crippen LogP contribution in [0.3, 0.4) is 0 Å². The number of anilines is 1. The Bertz CT molecular complexity index is 540. The fourth-order valence-corrected chi connectivity index (χ4v) is 2.23. The van der Waals surface area contributed by atoms with Crippen LogP contribution in [0.25, 0.3) is 0 Å². The lowest BCUT2D eigenvalue weighted by Gasteiger charge is -2.37. The highest BCUT2D eigenvalue weighted by Crippen LogP contribution is 2.20. The molecule has 1 fully saturated rings. The average molecular weight is 287 g/mol. The van der Waals surface area contributed by atoms with Gasteiger partial charge in [0.15, 0.2) is 0 Å². The van der Waals surface area contributed by atoms with E-state index in [9.17, 15) is 4.79 Å². The summed E-state index contributed by atoms with van der Waals surface area (Å²) in [6, 6.07) is 9.52. The Labute approximate surface area is 125 Å². The second kappa shape index (κ2) is 6.04. The Hall–Kier alpha value is -2.22. The maximum Gasteiger partial charge on any atom is 0.411 e. The molecule has 0 spiro atoms. The predicted molar refractivity (Wildman–Crippen MR) is 80.9 cm³/mol. The second-order valence-corrected chi connectivity index (χ2v) is 6.16. The van der Waals surface area contributed by atoms with Gasteiger partial charge in [-0.05, 0) is 51.5 Å². The molecule has 0 unspecified atom stereocenters. The van der Waals surface area contributed by atoms with Gasteiger partial charge in [0.1, 0.15) is 5.60 Å². The van der Waals surface area contributed by atoms with Crippen LogP contribution in [0.1, 0.15) is 32.8 Å². The van der Waals surface area contributed by atoms with Crippen LogP contribution in [0.5, 0.6) is 0 Å². The Morgan fingerprint density at radius 1 is 1.24 bits per heavy atom. The Kier molecular flexibility index (Phi) is 4.37. The van der Waals surface area contributed by atoms with Crippen LogP contribution >= 0.6 is 0 Å². The van der Waals surface area contributed by atoms with Crippen molar-refractivity contribution in [3.63, 3.8) is 0 Å². The quantitative estimate of drug-likeness (QED) is 0.797. The zero-order valence-electron chi connectivity index (χ0n) is 12.8. The van der Waals surface area contributed by atoms with Gasteiger partial charge in [-0.25, -0.2) is 4.79 Å². The van der Waals surface area contributed by atoms with E-state index in [1.807, 2.05) is 32.9 Å². The van der Waals surface area contributed by atoms with Gasteiger partial charge in [0.05, 0.1) is 18.3 Å². The molecule has 0 saturated carbocycles. The van der Waals surface area contributed by atoms with Crippen LogP contribution in [0.2, 0.25) is 0 Å². The lowest BCUT2D eigenvalue weighted by Crippen LogP contribution is -2.49. The highest BCUT2D eigenvalue weighted by Gasteiger charge is 2.26. The first kappa shape index (κ1) is 15.2. The van der Waals surface area contributed by atoms with Crippen molar-refractivity contribution in [3.8, 4) is 6.07 Å². The minimum absolute atomic E-state index is 0.277. The molecular weight excluding hydrogens is 266 g/mol. The summed E-state index contributed by atoms with van der Waals surface area (Å²) in [6.07, 6.45) is 0.625. The van der Waals surface area contributed by atoms with Crippen LogP contribution in [-0.4, -0.2) is 36.4 Å². The van der Waals surface area contributed by atoms with Crippen molar-refractivity contribution in [3.05, 3.63) is 29.8 Å². The molecule has 2 rings (SSSR count). The molecule has 0 bridgehead atoms. The van der Waals surface area contributed by atoms with Gasteiger partial charge in [0.25, 0.3) is 0 Å². The van der Waals surface area contributed by atoms with Gasteiger partial charge in [-0.15, -0.1) is 0 Å². The summed E-state index contributed by atoms with van der Waals surface area (Å²) >= 11 is 0. The van der Waals surface area contributed by atoms with Crippen molar-refractivity contribution in [1.82, 2.24) is 4.90 Å². The van der Waals surface area contributed by atoms with E-state index in [2.05, 4.69) is 11.0 Å². The van der Waals surface area contributed by atoms with E-state index in [-0.39, 0.29) is 6.09 Å². The summed E-state index contributed by atoms with van der Waals surface area (Å²) in [6.45, 7) is 7.72. The van der Waals surface area contributed by atoms with E-state index in [0.29, 0.717) is 18.8 Å². The monoisotopic (exact) mass is 287 g/mol. The standard InChI is InChI=1S/C16H21N3O2/c1-16(2,3)21-15(20)19-10-4-9-18(12-19)14-7-5-13(11-17)6-8-14/h5-8H,4,9-10,12H2,1-3H3. The highest BCUT2D eigenvalue weighted by atomic mass is 16.6. The predicted octanol–water partition coefficient (Wildman–Crippen LogP) is 2.96. The number of benzene rings is 1. The summed E-state index contributed by atoms with van der Waals surface area (Å²) < 4.78 is 5.42. The summed E-state index contributed by atoms with van der Waals surface area (Å²) in [4.78, 5) is 16.0. The van der Waals surface area contributed by atoms with Gasteiger partial charge < -0.3 is 9.64 Å². The maximum absolute atomic E-state index is 12.1. The lowest BCUT2D eigenvalue weighted by atomic mass is 10.2. The van der Waals surface area contributed by atoms with Gasteiger partial charge in [-0.1, -0.05) is 0 Å². The van der Waals surface area contributed by atoms with Gasteiger partial charge in [-0.3, -0.25) is 4.90 Å². The van der Waals surface area contributed by atoms with E-state index in [1.165, 1.54) is 0 Å². The molecule has 1 saturated heterocycles. The molecule has 1 aliphatic rings. The molecule has 0 aromatic heterocycles. The second-order valence-electron chi connectivity index (χ2n) is 6.16. The Morgan fingerprint density at radius 2 is 1.90 bits per heavy atom. The number of amides is 1. The number of carbonyl (C=O) groups is 1. The lowest BCUT2D eigenvalue weighted by molar-refractivity contribution is 0.0226. The zero-order chi connectivity index (χ0) is 15.5. The number of nitrogens with zero attached hydrogens (tertiary/aromatic N) is 3. The molecular formula is C16H21N3O2. The molecule has 5 heteroatoms. The minimum atomic E-state index is -0.478. The first-order chi connectivity index (χ1) is 9.89. The summed E-state index contributed by atoms with van der Waals surface area (Å²) in [5, 5.41) is 8.83. The molecule has 0 radical (unpaired) electrons. The van der Waals surface area contributed by atoms with E-state index < -0.39 is 5.60 Å². The van der Waals surface area contributed by atoms with Gasteiger partial charge in [0, 0.05) is 18.8 Å². The van der Waals surface area contributed by atoms with E-state index >= 15 is 0 Å². The van der Waals surface area contributed by atoms with Crippen molar-refractivity contribution in [1.29, 1.82) is 5.26 Å². The van der Waals surface area contributed by atoms with Crippen molar-refractivity contribution in [2.45, 2.75) is 32.8 Å². The van der Waals surface area contributed by atoms with E-state index in [4.69, 9.17) is 10.00 Å². The molecule has 5 nitrogen and oxygen atoms in total. The first-order valence-electron chi connectivity index (χ1n) is 7.12. The van der Waals surface area contributed by atoms with Gasteiger partial charge in [0.2, 0.25) is 0 Å². The minimum Gasteiger partial charge on any atom is -0.444 e. The van der Waals surface area contributed by atoms with Crippen LogP contribution in [-0.2, 0) is 4.74 Å². The number of ether oxygens (including phenoxy) is 1. The zero-order valence-corrected chi connectivity index (χ0v) is 12.8. The summed E-state index contributed by atoms with van der Waals surface area (Å²) in [5.74, 6) is 0. The molecule has 1 amide bonds. The smallest absolute Gasteiger partial charge is 0.411 e. The maximum atomic E-state index is 12.1. The van der Waals surface area contributed by atoms with Crippen LogP contribution in [0, 0.1) is 11.3 Å². The summed E-state index contributed by atoms with van der Waals surface area (Å²) in [5.41, 5.74) is 1.18. The molecule has 1 aliphatic heterocycles. The highest BCUT2D eigenvalue weighted by molar-refractivity contribution is 5.69. The van der Waals surface area contributed by atoms with Crippen LogP contribution in [0.15, 0.2) is 24.3 Å².